The number of benzene rings is 1. The number of halogens is 2. The molecule has 1 aromatic heterocycles. The van der Waals surface area contributed by atoms with Crippen LogP contribution in [0.15, 0.2) is 24.4 Å². The topological polar surface area (TPSA) is 75.5 Å². The van der Waals surface area contributed by atoms with E-state index < -0.39 is 11.6 Å². The molecule has 0 radical (unpaired) electrons. The highest BCUT2D eigenvalue weighted by Gasteiger charge is 2.37. The third-order valence-electron chi connectivity index (χ3n) is 6.31. The fourth-order valence-electron chi connectivity index (χ4n) is 4.69. The van der Waals surface area contributed by atoms with Gasteiger partial charge in [-0.3, -0.25) is 9.69 Å². The second-order valence-electron chi connectivity index (χ2n) is 8.19. The quantitative estimate of drug-likeness (QED) is 0.816. The van der Waals surface area contributed by atoms with Gasteiger partial charge in [-0.05, 0) is 36.6 Å². The maximum absolute atomic E-state index is 14.3. The number of rotatable bonds is 3. The van der Waals surface area contributed by atoms with Crippen LogP contribution in [0.5, 0.6) is 0 Å². The third-order valence-corrected chi connectivity index (χ3v) is 6.31. The number of pyridine rings is 1. The Bertz CT molecular complexity index is 1080. The summed E-state index contributed by atoms with van der Waals surface area (Å²) in [5.74, 6) is -1.18. The second-order valence-corrected chi connectivity index (χ2v) is 8.19. The van der Waals surface area contributed by atoms with E-state index in [0.29, 0.717) is 32.7 Å². The first-order valence-corrected chi connectivity index (χ1v) is 10.5. The van der Waals surface area contributed by atoms with Gasteiger partial charge in [0.1, 0.15) is 12.1 Å². The van der Waals surface area contributed by atoms with Crippen LogP contribution < -0.4 is 15.1 Å². The lowest BCUT2D eigenvalue weighted by atomic mass is 10.1. The van der Waals surface area contributed by atoms with Crippen LogP contribution in [0.4, 0.5) is 26.0 Å². The summed E-state index contributed by atoms with van der Waals surface area (Å²) in [6.45, 7) is 3.97. The summed E-state index contributed by atoms with van der Waals surface area (Å²) in [5.41, 5.74) is 1.66. The minimum absolute atomic E-state index is 0.0363. The molecule has 2 fully saturated rings. The predicted molar refractivity (Wildman–Crippen MR) is 112 cm³/mol. The molecule has 5 rings (SSSR count). The van der Waals surface area contributed by atoms with E-state index in [1.807, 2.05) is 12.3 Å². The molecule has 0 spiro atoms. The third kappa shape index (κ3) is 3.47. The first kappa shape index (κ1) is 19.7. The summed E-state index contributed by atoms with van der Waals surface area (Å²) in [6, 6.07) is 6.32. The summed E-state index contributed by atoms with van der Waals surface area (Å²) in [6.07, 6.45) is 3.71. The number of nitrogens with one attached hydrogen (secondary N) is 1. The van der Waals surface area contributed by atoms with Crippen molar-refractivity contribution in [3.8, 4) is 6.07 Å². The lowest BCUT2D eigenvalue weighted by molar-refractivity contribution is -0.117. The van der Waals surface area contributed by atoms with Gasteiger partial charge in [0.15, 0.2) is 17.5 Å². The van der Waals surface area contributed by atoms with Crippen molar-refractivity contribution in [1.29, 1.82) is 5.26 Å². The van der Waals surface area contributed by atoms with E-state index in [1.165, 1.54) is 12.1 Å². The Hall–Kier alpha value is -3.25. The van der Waals surface area contributed by atoms with Crippen LogP contribution in [0.1, 0.15) is 24.0 Å². The first-order chi connectivity index (χ1) is 15.0. The largest absolute Gasteiger partial charge is 0.367 e. The Morgan fingerprint density at radius 1 is 1.16 bits per heavy atom. The van der Waals surface area contributed by atoms with Crippen LogP contribution in [0.2, 0.25) is 0 Å². The van der Waals surface area contributed by atoms with Gasteiger partial charge < -0.3 is 15.1 Å². The molecule has 0 saturated carbocycles. The van der Waals surface area contributed by atoms with Crippen LogP contribution in [-0.2, 0) is 11.3 Å². The number of carbonyl (C=O) groups excluding carboxylic acids is 1. The summed E-state index contributed by atoms with van der Waals surface area (Å²) in [4.78, 5) is 23.1. The number of fused-ring (bicyclic) bond motifs is 3. The fraction of sp³-hybridized carbons (Fsp3) is 0.409. The lowest BCUT2D eigenvalue weighted by Gasteiger charge is -2.36. The highest BCUT2D eigenvalue weighted by Crippen LogP contribution is 2.35. The monoisotopic (exact) mass is 424 g/mol. The van der Waals surface area contributed by atoms with Crippen molar-refractivity contribution in [2.45, 2.75) is 25.4 Å². The molecule has 2 saturated heterocycles. The standard InChI is InChI=1S/C22H22F2N6O/c23-19-15(11-25)3-4-17(20(19)24)29-8-6-28(7-9-29)13-14-10-16-21(26-12-14)30-5-1-2-18(30)22(31)27-16/h3-4,10,12,18H,1-2,5-9,13H2,(H,27,31)/t18-/m0/s1. The van der Waals surface area contributed by atoms with E-state index in [-0.39, 0.29) is 23.2 Å². The number of nitriles is 1. The number of hydrogen-bond donors (Lipinski definition) is 1. The van der Waals surface area contributed by atoms with Gasteiger partial charge in [-0.25, -0.2) is 13.8 Å². The van der Waals surface area contributed by atoms with Gasteiger partial charge >= 0.3 is 0 Å². The van der Waals surface area contributed by atoms with E-state index in [2.05, 4.69) is 20.1 Å². The molecular weight excluding hydrogens is 402 g/mol. The number of carbonyl (C=O) groups is 1. The smallest absolute Gasteiger partial charge is 0.247 e. The number of piperazine rings is 1. The zero-order valence-corrected chi connectivity index (χ0v) is 16.9. The highest BCUT2D eigenvalue weighted by molar-refractivity contribution is 6.03. The summed E-state index contributed by atoms with van der Waals surface area (Å²) < 4.78 is 28.3. The van der Waals surface area contributed by atoms with Gasteiger partial charge in [0.2, 0.25) is 5.91 Å². The van der Waals surface area contributed by atoms with Crippen LogP contribution in [0.25, 0.3) is 0 Å². The SMILES string of the molecule is N#Cc1ccc(N2CCN(Cc3cnc4c(c3)NC(=O)[C@@H]3CCCN43)CC2)c(F)c1F. The number of hydrogen-bond acceptors (Lipinski definition) is 6. The molecule has 0 bridgehead atoms. The Morgan fingerprint density at radius 3 is 2.74 bits per heavy atom. The van der Waals surface area contributed by atoms with Crippen molar-refractivity contribution in [1.82, 2.24) is 9.88 Å². The average molecular weight is 424 g/mol. The maximum atomic E-state index is 14.3. The number of aromatic nitrogens is 1. The maximum Gasteiger partial charge on any atom is 0.247 e. The molecule has 31 heavy (non-hydrogen) atoms. The van der Waals surface area contributed by atoms with Crippen molar-refractivity contribution < 1.29 is 13.6 Å². The summed E-state index contributed by atoms with van der Waals surface area (Å²) >= 11 is 0. The molecule has 1 N–H and O–H groups in total. The zero-order chi connectivity index (χ0) is 21.5. The van der Waals surface area contributed by atoms with Crippen LogP contribution in [0.3, 0.4) is 0 Å². The lowest BCUT2D eigenvalue weighted by Crippen LogP contribution is -2.46. The molecular formula is C22H22F2N6O. The molecule has 3 aliphatic heterocycles. The molecule has 7 nitrogen and oxygen atoms in total. The van der Waals surface area contributed by atoms with Crippen molar-refractivity contribution in [2.75, 3.05) is 47.8 Å². The minimum Gasteiger partial charge on any atom is -0.367 e. The molecule has 9 heteroatoms. The number of amides is 1. The number of nitrogens with zero attached hydrogens (tertiary/aromatic N) is 5. The molecule has 4 heterocycles. The van der Waals surface area contributed by atoms with Gasteiger partial charge in [0.25, 0.3) is 0 Å². The normalized spacial score (nSPS) is 20.8. The van der Waals surface area contributed by atoms with E-state index in [1.54, 1.807) is 11.0 Å². The van der Waals surface area contributed by atoms with Crippen LogP contribution in [-0.4, -0.2) is 54.6 Å². The second kappa shape index (κ2) is 7.78. The van der Waals surface area contributed by atoms with Gasteiger partial charge in [0, 0.05) is 45.5 Å². The Labute approximate surface area is 178 Å². The Kier molecular flexibility index (Phi) is 4.94. The molecule has 1 aromatic carbocycles. The van der Waals surface area contributed by atoms with Crippen LogP contribution in [0, 0.1) is 23.0 Å². The zero-order valence-electron chi connectivity index (χ0n) is 16.9. The van der Waals surface area contributed by atoms with E-state index in [4.69, 9.17) is 5.26 Å². The molecule has 160 valence electrons. The van der Waals surface area contributed by atoms with E-state index in [0.717, 1.165) is 36.5 Å². The van der Waals surface area contributed by atoms with Crippen molar-refractivity contribution in [2.24, 2.45) is 0 Å². The van der Waals surface area contributed by atoms with Crippen molar-refractivity contribution >= 4 is 23.1 Å². The molecule has 1 atom stereocenters. The minimum atomic E-state index is -1.09. The Balaban J connectivity index is 1.25. The summed E-state index contributed by atoms with van der Waals surface area (Å²) in [7, 11) is 0. The number of anilines is 3. The van der Waals surface area contributed by atoms with Gasteiger partial charge in [-0.1, -0.05) is 0 Å². The fourth-order valence-corrected chi connectivity index (χ4v) is 4.69. The van der Waals surface area contributed by atoms with Gasteiger partial charge in [-0.2, -0.15) is 5.26 Å². The molecule has 1 amide bonds. The van der Waals surface area contributed by atoms with Crippen LogP contribution >= 0.6 is 0 Å². The van der Waals surface area contributed by atoms with E-state index >= 15 is 0 Å². The van der Waals surface area contributed by atoms with Crippen molar-refractivity contribution in [3.05, 3.63) is 47.2 Å². The first-order valence-electron chi connectivity index (χ1n) is 10.5. The molecule has 0 aliphatic carbocycles. The van der Waals surface area contributed by atoms with Gasteiger partial charge in [0.05, 0.1) is 16.9 Å². The van der Waals surface area contributed by atoms with E-state index in [9.17, 15) is 13.6 Å². The Morgan fingerprint density at radius 2 is 1.97 bits per heavy atom. The predicted octanol–water partition coefficient (Wildman–Crippen LogP) is 2.47. The van der Waals surface area contributed by atoms with Gasteiger partial charge in [-0.15, -0.1) is 0 Å². The molecule has 2 aromatic rings. The molecule has 0 unspecified atom stereocenters. The molecule has 3 aliphatic rings. The highest BCUT2D eigenvalue weighted by atomic mass is 19.2. The summed E-state index contributed by atoms with van der Waals surface area (Å²) in [5, 5.41) is 11.8. The average Bonchev–Trinajstić information content (AvgIpc) is 3.27. The van der Waals surface area contributed by atoms with Crippen molar-refractivity contribution in [3.63, 3.8) is 0 Å².